The van der Waals surface area contributed by atoms with Gasteiger partial charge in [0.25, 0.3) is 0 Å². The van der Waals surface area contributed by atoms with Gasteiger partial charge in [-0.2, -0.15) is 0 Å². The second kappa shape index (κ2) is 5.29. The van der Waals surface area contributed by atoms with E-state index < -0.39 is 12.0 Å². The van der Waals surface area contributed by atoms with Crippen molar-refractivity contribution in [2.75, 3.05) is 20.3 Å². The van der Waals surface area contributed by atoms with Gasteiger partial charge in [-0.15, -0.1) is 0 Å². The highest BCUT2D eigenvalue weighted by Crippen LogP contribution is 2.32. The van der Waals surface area contributed by atoms with E-state index >= 15 is 0 Å². The van der Waals surface area contributed by atoms with Crippen molar-refractivity contribution in [3.05, 3.63) is 35.9 Å². The average molecular weight is 236 g/mol. The fraction of sp³-hybridized carbons (Fsp3) is 0.462. The Morgan fingerprint density at radius 3 is 2.71 bits per heavy atom. The van der Waals surface area contributed by atoms with Gasteiger partial charge in [0, 0.05) is 5.92 Å². The lowest BCUT2D eigenvalue weighted by molar-refractivity contribution is -0.156. The molecule has 0 saturated carbocycles. The van der Waals surface area contributed by atoms with Crippen molar-refractivity contribution in [3.8, 4) is 0 Å². The molecule has 0 aliphatic carbocycles. The second-order valence-corrected chi connectivity index (χ2v) is 4.17. The van der Waals surface area contributed by atoms with Crippen LogP contribution < -0.4 is 0 Å². The largest absolute Gasteiger partial charge is 0.469 e. The monoisotopic (exact) mass is 236 g/mol. The Balaban J connectivity index is 2.28. The lowest BCUT2D eigenvalue weighted by atomic mass is 9.81. The van der Waals surface area contributed by atoms with E-state index in [9.17, 15) is 9.90 Å². The molecule has 0 spiro atoms. The molecule has 0 aromatic heterocycles. The fourth-order valence-electron chi connectivity index (χ4n) is 2.29. The molecule has 92 valence electrons. The van der Waals surface area contributed by atoms with E-state index in [0.29, 0.717) is 6.61 Å². The number of hydrogen-bond donors (Lipinski definition) is 1. The number of ether oxygens (including phenoxy) is 2. The Bertz CT molecular complexity index is 376. The van der Waals surface area contributed by atoms with Crippen LogP contribution >= 0.6 is 0 Å². The van der Waals surface area contributed by atoms with E-state index in [4.69, 9.17) is 9.47 Å². The van der Waals surface area contributed by atoms with Crippen molar-refractivity contribution in [2.24, 2.45) is 5.92 Å². The summed E-state index contributed by atoms with van der Waals surface area (Å²) in [5.74, 6) is -1.03. The molecule has 1 aliphatic rings. The minimum Gasteiger partial charge on any atom is -0.469 e. The van der Waals surface area contributed by atoms with Crippen molar-refractivity contribution in [3.63, 3.8) is 0 Å². The molecule has 2 rings (SSSR count). The van der Waals surface area contributed by atoms with Gasteiger partial charge < -0.3 is 14.6 Å². The smallest absolute Gasteiger partial charge is 0.311 e. The lowest BCUT2D eigenvalue weighted by Gasteiger charge is -2.34. The summed E-state index contributed by atoms with van der Waals surface area (Å²) in [6.45, 7) is 0.552. The summed E-state index contributed by atoms with van der Waals surface area (Å²) in [4.78, 5) is 11.7. The van der Waals surface area contributed by atoms with Crippen molar-refractivity contribution in [1.82, 2.24) is 0 Å². The Morgan fingerprint density at radius 1 is 1.35 bits per heavy atom. The molecular formula is C13H16O4. The van der Waals surface area contributed by atoms with Crippen LogP contribution in [0.2, 0.25) is 0 Å². The number of methoxy groups -OCH3 is 1. The molecule has 0 unspecified atom stereocenters. The Labute approximate surface area is 100 Å². The first-order valence-corrected chi connectivity index (χ1v) is 5.62. The number of benzene rings is 1. The molecule has 0 bridgehead atoms. The zero-order chi connectivity index (χ0) is 12.3. The number of hydrogen-bond acceptors (Lipinski definition) is 4. The van der Waals surface area contributed by atoms with Crippen LogP contribution in [-0.2, 0) is 14.3 Å². The van der Waals surface area contributed by atoms with Crippen molar-refractivity contribution >= 4 is 5.97 Å². The molecule has 0 amide bonds. The number of aliphatic hydroxyl groups is 1. The third-order valence-electron chi connectivity index (χ3n) is 3.12. The van der Waals surface area contributed by atoms with Gasteiger partial charge in [0.1, 0.15) is 0 Å². The van der Waals surface area contributed by atoms with E-state index in [1.165, 1.54) is 7.11 Å². The second-order valence-electron chi connectivity index (χ2n) is 4.17. The third-order valence-corrected chi connectivity index (χ3v) is 3.12. The van der Waals surface area contributed by atoms with Crippen LogP contribution in [0.15, 0.2) is 30.3 Å². The van der Waals surface area contributed by atoms with Gasteiger partial charge in [-0.25, -0.2) is 0 Å². The maximum Gasteiger partial charge on any atom is 0.311 e. The van der Waals surface area contributed by atoms with Crippen LogP contribution in [-0.4, -0.2) is 37.5 Å². The predicted molar refractivity (Wildman–Crippen MR) is 61.5 cm³/mol. The minimum absolute atomic E-state index is 0.252. The first-order chi connectivity index (χ1) is 8.24. The highest BCUT2D eigenvalue weighted by Gasteiger charge is 2.39. The normalized spacial score (nSPS) is 28.7. The third kappa shape index (κ3) is 2.48. The molecule has 1 heterocycles. The molecule has 1 aromatic carbocycles. The van der Waals surface area contributed by atoms with Crippen LogP contribution in [0, 0.1) is 5.92 Å². The molecular weight excluding hydrogens is 220 g/mol. The van der Waals surface area contributed by atoms with Gasteiger partial charge in [0.05, 0.1) is 32.3 Å². The lowest BCUT2D eigenvalue weighted by Crippen LogP contribution is -2.42. The van der Waals surface area contributed by atoms with E-state index in [-0.39, 0.29) is 18.5 Å². The summed E-state index contributed by atoms with van der Waals surface area (Å²) in [5, 5.41) is 10.0. The van der Waals surface area contributed by atoms with E-state index in [1.807, 2.05) is 30.3 Å². The van der Waals surface area contributed by atoms with Crippen molar-refractivity contribution in [2.45, 2.75) is 12.0 Å². The zero-order valence-electron chi connectivity index (χ0n) is 9.70. The summed E-state index contributed by atoms with van der Waals surface area (Å²) >= 11 is 0. The summed E-state index contributed by atoms with van der Waals surface area (Å²) in [5.41, 5.74) is 0.943. The minimum atomic E-state index is -0.671. The van der Waals surface area contributed by atoms with Crippen molar-refractivity contribution in [1.29, 1.82) is 0 Å². The van der Waals surface area contributed by atoms with Crippen molar-refractivity contribution < 1.29 is 19.4 Å². The highest BCUT2D eigenvalue weighted by molar-refractivity contribution is 5.74. The first kappa shape index (κ1) is 12.1. The van der Waals surface area contributed by atoms with Gasteiger partial charge in [-0.1, -0.05) is 30.3 Å². The standard InChI is InChI=1S/C13H16O4/c1-16-13(15)10-7-17-8-11(14)12(10)9-5-3-2-4-6-9/h2-6,10-12,14H,7-8H2,1H3/t10-,11-,12-/m0/s1. The van der Waals surface area contributed by atoms with Crippen LogP contribution in [0.3, 0.4) is 0 Å². The zero-order valence-corrected chi connectivity index (χ0v) is 9.70. The van der Waals surface area contributed by atoms with Crippen LogP contribution in [0.4, 0.5) is 0 Å². The predicted octanol–water partition coefficient (Wildman–Crippen LogP) is 0.950. The Hall–Kier alpha value is -1.39. The number of rotatable bonds is 2. The first-order valence-electron chi connectivity index (χ1n) is 5.62. The molecule has 0 radical (unpaired) electrons. The van der Waals surface area contributed by atoms with Gasteiger partial charge in [0.15, 0.2) is 0 Å². The summed E-state index contributed by atoms with van der Waals surface area (Å²) in [7, 11) is 1.35. The number of aliphatic hydroxyl groups excluding tert-OH is 1. The van der Waals surface area contributed by atoms with Crippen LogP contribution in [0.25, 0.3) is 0 Å². The van der Waals surface area contributed by atoms with E-state index in [0.717, 1.165) is 5.56 Å². The molecule has 1 N–H and O–H groups in total. The van der Waals surface area contributed by atoms with E-state index in [2.05, 4.69) is 0 Å². The molecule has 1 fully saturated rings. The molecule has 1 saturated heterocycles. The summed E-state index contributed by atoms with van der Waals surface area (Å²) in [6.07, 6.45) is -0.671. The van der Waals surface area contributed by atoms with Gasteiger partial charge in [-0.05, 0) is 5.56 Å². The van der Waals surface area contributed by atoms with Gasteiger partial charge in [-0.3, -0.25) is 4.79 Å². The number of carbonyl (C=O) groups excluding carboxylic acids is 1. The van der Waals surface area contributed by atoms with Crippen LogP contribution in [0.5, 0.6) is 0 Å². The molecule has 4 heteroatoms. The number of esters is 1. The fourth-order valence-corrected chi connectivity index (χ4v) is 2.29. The molecule has 1 aliphatic heterocycles. The van der Waals surface area contributed by atoms with Crippen LogP contribution in [0.1, 0.15) is 11.5 Å². The quantitative estimate of drug-likeness (QED) is 0.777. The topological polar surface area (TPSA) is 55.8 Å². The van der Waals surface area contributed by atoms with Gasteiger partial charge in [0.2, 0.25) is 0 Å². The SMILES string of the molecule is COC(=O)[C@H]1COC[C@H](O)[C@H]1c1ccccc1. The molecule has 1 aromatic rings. The van der Waals surface area contributed by atoms with E-state index in [1.54, 1.807) is 0 Å². The van der Waals surface area contributed by atoms with Gasteiger partial charge >= 0.3 is 5.97 Å². The molecule has 4 nitrogen and oxygen atoms in total. The maximum atomic E-state index is 11.7. The summed E-state index contributed by atoms with van der Waals surface area (Å²) in [6, 6.07) is 9.52. The molecule has 3 atom stereocenters. The Morgan fingerprint density at radius 2 is 2.06 bits per heavy atom. The summed E-state index contributed by atoms with van der Waals surface area (Å²) < 4.78 is 9.98. The number of carbonyl (C=O) groups is 1. The Kier molecular flexibility index (Phi) is 3.76. The molecule has 17 heavy (non-hydrogen) atoms. The highest BCUT2D eigenvalue weighted by atomic mass is 16.5. The average Bonchev–Trinajstić information content (AvgIpc) is 2.38. The maximum absolute atomic E-state index is 11.7.